The van der Waals surface area contributed by atoms with Gasteiger partial charge in [-0.2, -0.15) is 0 Å². The Labute approximate surface area is 100 Å². The van der Waals surface area contributed by atoms with E-state index >= 15 is 0 Å². The Morgan fingerprint density at radius 3 is 2.44 bits per heavy atom. The van der Waals surface area contributed by atoms with Gasteiger partial charge in [0.2, 0.25) is 0 Å². The largest absolute Gasteiger partial charge is 0.331 e. The molecule has 92 valence electrons. The van der Waals surface area contributed by atoms with Gasteiger partial charge in [-0.3, -0.25) is 0 Å². The molecule has 16 heavy (non-hydrogen) atoms. The molecule has 2 heteroatoms. The van der Waals surface area contributed by atoms with Gasteiger partial charge >= 0.3 is 0 Å². The van der Waals surface area contributed by atoms with Crippen molar-refractivity contribution >= 4 is 0 Å². The fourth-order valence-electron chi connectivity index (χ4n) is 2.23. The number of imidazole rings is 1. The molecule has 0 bridgehead atoms. The number of hydrogen-bond donors (Lipinski definition) is 0. The van der Waals surface area contributed by atoms with E-state index in [4.69, 9.17) is 0 Å². The lowest BCUT2D eigenvalue weighted by Crippen LogP contribution is -2.24. The van der Waals surface area contributed by atoms with Crippen molar-refractivity contribution in [1.82, 2.24) is 9.55 Å². The molecule has 0 spiro atoms. The van der Waals surface area contributed by atoms with E-state index in [1.807, 2.05) is 12.5 Å². The zero-order valence-electron chi connectivity index (χ0n) is 11.6. The summed E-state index contributed by atoms with van der Waals surface area (Å²) in [6, 6.07) is 0.522. The van der Waals surface area contributed by atoms with Crippen LogP contribution >= 0.6 is 0 Å². The van der Waals surface area contributed by atoms with Crippen LogP contribution in [0.4, 0.5) is 0 Å². The van der Waals surface area contributed by atoms with Crippen molar-refractivity contribution in [3.63, 3.8) is 0 Å². The maximum absolute atomic E-state index is 4.34. The van der Waals surface area contributed by atoms with Crippen LogP contribution < -0.4 is 0 Å². The highest BCUT2D eigenvalue weighted by Crippen LogP contribution is 2.31. The van der Waals surface area contributed by atoms with Crippen LogP contribution in [0.25, 0.3) is 0 Å². The first-order valence-electron chi connectivity index (χ1n) is 6.42. The second-order valence-corrected chi connectivity index (χ2v) is 5.80. The van der Waals surface area contributed by atoms with Gasteiger partial charge in [0.05, 0.1) is 6.33 Å². The molecule has 0 aliphatic rings. The molecule has 1 aromatic rings. The van der Waals surface area contributed by atoms with Crippen molar-refractivity contribution < 1.29 is 0 Å². The molecule has 1 unspecified atom stereocenters. The standard InChI is InChI=1S/C14H26N2/c1-7-8-14(5,6)13-9-15-10-16(13)12(4)11(2)3/h9-12H,7-8H2,1-6H3. The van der Waals surface area contributed by atoms with E-state index < -0.39 is 0 Å². The third-order valence-corrected chi connectivity index (χ3v) is 3.64. The number of rotatable bonds is 5. The fraction of sp³-hybridized carbons (Fsp3) is 0.786. The molecule has 0 aromatic carbocycles. The fourth-order valence-corrected chi connectivity index (χ4v) is 2.23. The van der Waals surface area contributed by atoms with E-state index in [9.17, 15) is 0 Å². The summed E-state index contributed by atoms with van der Waals surface area (Å²) >= 11 is 0. The molecule has 1 heterocycles. The maximum Gasteiger partial charge on any atom is 0.0950 e. The monoisotopic (exact) mass is 222 g/mol. The zero-order chi connectivity index (χ0) is 12.3. The smallest absolute Gasteiger partial charge is 0.0950 e. The third-order valence-electron chi connectivity index (χ3n) is 3.64. The second kappa shape index (κ2) is 5.03. The van der Waals surface area contributed by atoms with Gasteiger partial charge in [0.15, 0.2) is 0 Å². The predicted molar refractivity (Wildman–Crippen MR) is 69.7 cm³/mol. The molecule has 0 saturated carbocycles. The number of hydrogen-bond acceptors (Lipinski definition) is 1. The summed E-state index contributed by atoms with van der Waals surface area (Å²) in [7, 11) is 0. The minimum absolute atomic E-state index is 0.231. The van der Waals surface area contributed by atoms with Gasteiger partial charge in [0.1, 0.15) is 0 Å². The topological polar surface area (TPSA) is 17.8 Å². The Hall–Kier alpha value is -0.790. The normalized spacial score (nSPS) is 14.4. The lowest BCUT2D eigenvalue weighted by Gasteiger charge is -2.29. The van der Waals surface area contributed by atoms with Gasteiger partial charge in [-0.15, -0.1) is 0 Å². The van der Waals surface area contributed by atoms with E-state index in [2.05, 4.69) is 51.1 Å². The average molecular weight is 222 g/mol. The highest BCUT2D eigenvalue weighted by Gasteiger charge is 2.25. The van der Waals surface area contributed by atoms with Gasteiger partial charge in [0.25, 0.3) is 0 Å². The van der Waals surface area contributed by atoms with Crippen LogP contribution in [-0.2, 0) is 5.41 Å². The van der Waals surface area contributed by atoms with Gasteiger partial charge in [-0.1, -0.05) is 41.0 Å². The minimum atomic E-state index is 0.231. The van der Waals surface area contributed by atoms with Gasteiger partial charge in [-0.05, 0) is 19.3 Å². The quantitative estimate of drug-likeness (QED) is 0.731. The first-order chi connectivity index (χ1) is 7.40. The first-order valence-corrected chi connectivity index (χ1v) is 6.42. The molecule has 1 atom stereocenters. The molecule has 1 aromatic heterocycles. The summed E-state index contributed by atoms with van der Waals surface area (Å²) in [6.07, 6.45) is 6.45. The Morgan fingerprint density at radius 1 is 1.31 bits per heavy atom. The van der Waals surface area contributed by atoms with Gasteiger partial charge in [0, 0.05) is 23.3 Å². The highest BCUT2D eigenvalue weighted by molar-refractivity contribution is 5.13. The Balaban J connectivity index is 3.02. The van der Waals surface area contributed by atoms with Gasteiger partial charge in [-0.25, -0.2) is 4.98 Å². The average Bonchev–Trinajstić information content (AvgIpc) is 2.65. The van der Waals surface area contributed by atoms with Gasteiger partial charge < -0.3 is 4.57 Å². The summed E-state index contributed by atoms with van der Waals surface area (Å²) in [4.78, 5) is 4.34. The molecule has 0 aliphatic heterocycles. The summed E-state index contributed by atoms with van der Waals surface area (Å²) in [5.74, 6) is 0.644. The lowest BCUT2D eigenvalue weighted by atomic mass is 9.84. The molecular formula is C14H26N2. The zero-order valence-corrected chi connectivity index (χ0v) is 11.6. The molecule has 0 N–H and O–H groups in total. The number of aromatic nitrogens is 2. The molecule has 2 nitrogen and oxygen atoms in total. The molecular weight excluding hydrogens is 196 g/mol. The van der Waals surface area contributed by atoms with Crippen LogP contribution in [0.15, 0.2) is 12.5 Å². The predicted octanol–water partition coefficient (Wildman–Crippen LogP) is 4.18. The highest BCUT2D eigenvalue weighted by atomic mass is 15.1. The van der Waals surface area contributed by atoms with Crippen molar-refractivity contribution in [1.29, 1.82) is 0 Å². The Kier molecular flexibility index (Phi) is 4.17. The van der Waals surface area contributed by atoms with Crippen LogP contribution in [0, 0.1) is 5.92 Å². The molecule has 0 saturated heterocycles. The third kappa shape index (κ3) is 2.66. The van der Waals surface area contributed by atoms with Crippen LogP contribution in [-0.4, -0.2) is 9.55 Å². The van der Waals surface area contributed by atoms with E-state index in [0.29, 0.717) is 12.0 Å². The van der Waals surface area contributed by atoms with Crippen molar-refractivity contribution in [3.05, 3.63) is 18.2 Å². The minimum Gasteiger partial charge on any atom is -0.331 e. The molecule has 0 amide bonds. The molecule has 0 aliphatic carbocycles. The van der Waals surface area contributed by atoms with E-state index in [1.54, 1.807) is 0 Å². The van der Waals surface area contributed by atoms with E-state index in [-0.39, 0.29) is 5.41 Å². The van der Waals surface area contributed by atoms with E-state index in [0.717, 1.165) is 0 Å². The summed E-state index contributed by atoms with van der Waals surface area (Å²) < 4.78 is 2.35. The van der Waals surface area contributed by atoms with Crippen LogP contribution in [0.1, 0.15) is 66.1 Å². The van der Waals surface area contributed by atoms with Crippen molar-refractivity contribution in [2.45, 2.75) is 65.8 Å². The van der Waals surface area contributed by atoms with Crippen molar-refractivity contribution in [3.8, 4) is 0 Å². The SMILES string of the molecule is CCCC(C)(C)c1cncn1C(C)C(C)C. The molecule has 0 fully saturated rings. The first kappa shape index (κ1) is 13.3. The second-order valence-electron chi connectivity index (χ2n) is 5.80. The Morgan fingerprint density at radius 2 is 1.94 bits per heavy atom. The Bertz CT molecular complexity index is 323. The van der Waals surface area contributed by atoms with Crippen molar-refractivity contribution in [2.24, 2.45) is 5.92 Å². The number of nitrogens with zero attached hydrogens (tertiary/aromatic N) is 2. The summed E-state index contributed by atoms with van der Waals surface area (Å²) in [5, 5.41) is 0. The van der Waals surface area contributed by atoms with E-state index in [1.165, 1.54) is 18.5 Å². The molecule has 1 rings (SSSR count). The van der Waals surface area contributed by atoms with Crippen LogP contribution in [0.2, 0.25) is 0 Å². The summed E-state index contributed by atoms with van der Waals surface area (Å²) in [6.45, 7) is 13.7. The summed E-state index contributed by atoms with van der Waals surface area (Å²) in [5.41, 5.74) is 1.60. The van der Waals surface area contributed by atoms with Crippen molar-refractivity contribution in [2.75, 3.05) is 0 Å². The van der Waals surface area contributed by atoms with Crippen LogP contribution in [0.3, 0.4) is 0 Å². The van der Waals surface area contributed by atoms with Crippen LogP contribution in [0.5, 0.6) is 0 Å². The molecule has 0 radical (unpaired) electrons. The lowest BCUT2D eigenvalue weighted by molar-refractivity contribution is 0.358. The maximum atomic E-state index is 4.34.